The summed E-state index contributed by atoms with van der Waals surface area (Å²) >= 11 is 0. The lowest BCUT2D eigenvalue weighted by Crippen LogP contribution is -2.05. The van der Waals surface area contributed by atoms with Crippen LogP contribution in [0.2, 0.25) is 0 Å². The van der Waals surface area contributed by atoms with Crippen LogP contribution < -0.4 is 0 Å². The molecule has 0 amide bonds. The summed E-state index contributed by atoms with van der Waals surface area (Å²) in [5, 5.41) is 9.41. The number of ether oxygens (including phenoxy) is 1. The largest absolute Gasteiger partial charge is 0.462 e. The molecule has 0 aliphatic rings. The Balaban J connectivity index is 3.14. The summed E-state index contributed by atoms with van der Waals surface area (Å²) in [6.45, 7) is 7.75. The fraction of sp³-hybridized carbons (Fsp3) is 0.824. The van der Waals surface area contributed by atoms with Crippen LogP contribution in [0, 0.1) is 0 Å². The molecule has 1 unspecified atom stereocenters. The molecule has 1 N–H and O–H groups in total. The molecule has 0 bridgehead atoms. The average Bonchev–Trinajstić information content (AvgIpc) is 2.43. The first kappa shape index (κ1) is 19.2. The number of hydrogen-bond donors (Lipinski definition) is 1. The van der Waals surface area contributed by atoms with Crippen LogP contribution in [0.1, 0.15) is 78.1 Å². The molecule has 0 rings (SSSR count). The van der Waals surface area contributed by atoms with Gasteiger partial charge in [-0.3, -0.25) is 0 Å². The van der Waals surface area contributed by atoms with E-state index >= 15 is 0 Å². The van der Waals surface area contributed by atoms with E-state index in [9.17, 15) is 9.90 Å². The molecule has 1 atom stereocenters. The zero-order valence-electron chi connectivity index (χ0n) is 13.3. The van der Waals surface area contributed by atoms with Crippen molar-refractivity contribution in [2.45, 2.75) is 84.2 Å². The number of hydrogen-bond acceptors (Lipinski definition) is 3. The topological polar surface area (TPSA) is 46.5 Å². The summed E-state index contributed by atoms with van der Waals surface area (Å²) < 4.78 is 5.03. The van der Waals surface area contributed by atoms with E-state index in [4.69, 9.17) is 4.74 Å². The van der Waals surface area contributed by atoms with Crippen molar-refractivity contribution in [1.29, 1.82) is 0 Å². The number of carbonyl (C=O) groups is 1. The average molecular weight is 284 g/mol. The van der Waals surface area contributed by atoms with Crippen molar-refractivity contribution in [1.82, 2.24) is 0 Å². The molecule has 0 spiro atoms. The Labute approximate surface area is 124 Å². The Morgan fingerprint density at radius 3 is 2.05 bits per heavy atom. The first-order valence-corrected chi connectivity index (χ1v) is 8.08. The van der Waals surface area contributed by atoms with E-state index in [1.54, 1.807) is 6.92 Å². The van der Waals surface area contributed by atoms with Gasteiger partial charge in [-0.15, -0.1) is 0 Å². The number of esters is 1. The second-order valence-corrected chi connectivity index (χ2v) is 5.60. The lowest BCUT2D eigenvalue weighted by atomic mass is 10.0. The maximum atomic E-state index is 11.1. The van der Waals surface area contributed by atoms with Crippen LogP contribution in [-0.4, -0.2) is 23.8 Å². The fourth-order valence-corrected chi connectivity index (χ4v) is 2.03. The summed E-state index contributed by atoms with van der Waals surface area (Å²) in [7, 11) is 0. The molecule has 0 saturated carbocycles. The van der Waals surface area contributed by atoms with Gasteiger partial charge >= 0.3 is 5.97 Å². The second-order valence-electron chi connectivity index (χ2n) is 5.60. The standard InChI is InChI=1S/C17H32O3/c1-4-16(18)13-11-9-7-5-6-8-10-12-14-20-17(19)15(2)3/h16,18H,2,4-14H2,1,3H3. The summed E-state index contributed by atoms with van der Waals surface area (Å²) in [5.74, 6) is -0.278. The predicted molar refractivity (Wildman–Crippen MR) is 83.6 cm³/mol. The minimum absolute atomic E-state index is 0.100. The third kappa shape index (κ3) is 12.2. The van der Waals surface area contributed by atoms with Crippen LogP contribution in [0.3, 0.4) is 0 Å². The van der Waals surface area contributed by atoms with Crippen LogP contribution in [0.4, 0.5) is 0 Å². The van der Waals surface area contributed by atoms with Gasteiger partial charge in [-0.05, 0) is 26.2 Å². The quantitative estimate of drug-likeness (QED) is 0.310. The lowest BCUT2D eigenvalue weighted by Gasteiger charge is -2.07. The van der Waals surface area contributed by atoms with Gasteiger partial charge in [0, 0.05) is 5.57 Å². The molecule has 0 radical (unpaired) electrons. The fourth-order valence-electron chi connectivity index (χ4n) is 2.03. The summed E-state index contributed by atoms with van der Waals surface area (Å²) in [4.78, 5) is 11.1. The molecule has 0 aromatic carbocycles. The van der Waals surface area contributed by atoms with Gasteiger partial charge in [-0.25, -0.2) is 4.79 Å². The molecular weight excluding hydrogens is 252 g/mol. The molecule has 0 saturated heterocycles. The van der Waals surface area contributed by atoms with Crippen molar-refractivity contribution in [3.8, 4) is 0 Å². The van der Waals surface area contributed by atoms with Crippen molar-refractivity contribution in [2.75, 3.05) is 6.61 Å². The molecule has 0 heterocycles. The maximum absolute atomic E-state index is 11.1. The van der Waals surface area contributed by atoms with Gasteiger partial charge in [0.05, 0.1) is 12.7 Å². The van der Waals surface area contributed by atoms with E-state index in [1.165, 1.54) is 32.1 Å². The molecule has 3 nitrogen and oxygen atoms in total. The van der Waals surface area contributed by atoms with Crippen molar-refractivity contribution < 1.29 is 14.6 Å². The minimum Gasteiger partial charge on any atom is -0.462 e. The first-order chi connectivity index (χ1) is 9.57. The lowest BCUT2D eigenvalue weighted by molar-refractivity contribution is -0.139. The van der Waals surface area contributed by atoms with Crippen molar-refractivity contribution in [2.24, 2.45) is 0 Å². The highest BCUT2D eigenvalue weighted by Gasteiger charge is 2.02. The second kappa shape index (κ2) is 13.2. The zero-order valence-corrected chi connectivity index (χ0v) is 13.3. The monoisotopic (exact) mass is 284 g/mol. The van der Waals surface area contributed by atoms with Crippen molar-refractivity contribution in [3.63, 3.8) is 0 Å². The van der Waals surface area contributed by atoms with Gasteiger partial charge in [0.2, 0.25) is 0 Å². The molecule has 118 valence electrons. The van der Waals surface area contributed by atoms with E-state index < -0.39 is 0 Å². The minimum atomic E-state index is -0.278. The molecule has 0 aromatic heterocycles. The molecule has 3 heteroatoms. The van der Waals surface area contributed by atoms with E-state index in [2.05, 4.69) is 6.58 Å². The van der Waals surface area contributed by atoms with Crippen molar-refractivity contribution in [3.05, 3.63) is 12.2 Å². The van der Waals surface area contributed by atoms with Gasteiger partial charge in [0.1, 0.15) is 0 Å². The number of unbranched alkanes of at least 4 members (excludes halogenated alkanes) is 7. The smallest absolute Gasteiger partial charge is 0.333 e. The Morgan fingerprint density at radius 2 is 1.55 bits per heavy atom. The molecular formula is C17H32O3. The Bertz CT molecular complexity index is 261. The van der Waals surface area contributed by atoms with E-state index in [-0.39, 0.29) is 12.1 Å². The number of carbonyl (C=O) groups excluding carboxylic acids is 1. The molecule has 0 aliphatic heterocycles. The highest BCUT2D eigenvalue weighted by Crippen LogP contribution is 2.11. The Morgan fingerprint density at radius 1 is 1.05 bits per heavy atom. The number of rotatable bonds is 13. The van der Waals surface area contributed by atoms with Crippen molar-refractivity contribution >= 4 is 5.97 Å². The van der Waals surface area contributed by atoms with Gasteiger partial charge in [-0.2, -0.15) is 0 Å². The summed E-state index contributed by atoms with van der Waals surface area (Å²) in [5.41, 5.74) is 0.471. The molecule has 20 heavy (non-hydrogen) atoms. The summed E-state index contributed by atoms with van der Waals surface area (Å²) in [6.07, 6.45) is 11.2. The normalized spacial score (nSPS) is 12.2. The molecule has 0 aromatic rings. The van der Waals surface area contributed by atoms with Gasteiger partial charge in [-0.1, -0.05) is 58.4 Å². The van der Waals surface area contributed by atoms with Gasteiger partial charge in [0.25, 0.3) is 0 Å². The van der Waals surface area contributed by atoms with Crippen LogP contribution in [0.5, 0.6) is 0 Å². The summed E-state index contributed by atoms with van der Waals surface area (Å²) in [6, 6.07) is 0. The highest BCUT2D eigenvalue weighted by atomic mass is 16.5. The van der Waals surface area contributed by atoms with Gasteiger partial charge in [0.15, 0.2) is 0 Å². The van der Waals surface area contributed by atoms with Crippen LogP contribution in [-0.2, 0) is 9.53 Å². The molecule has 0 aliphatic carbocycles. The van der Waals surface area contributed by atoms with E-state index in [0.29, 0.717) is 12.2 Å². The van der Waals surface area contributed by atoms with E-state index in [0.717, 1.165) is 32.1 Å². The van der Waals surface area contributed by atoms with Crippen LogP contribution in [0.25, 0.3) is 0 Å². The van der Waals surface area contributed by atoms with E-state index in [1.807, 2.05) is 6.92 Å². The number of aliphatic hydroxyl groups is 1. The first-order valence-electron chi connectivity index (χ1n) is 8.08. The predicted octanol–water partition coefficient (Wildman–Crippen LogP) is 4.39. The van der Waals surface area contributed by atoms with Crippen LogP contribution in [0.15, 0.2) is 12.2 Å². The molecule has 0 fully saturated rings. The zero-order chi connectivity index (χ0) is 15.2. The number of aliphatic hydroxyl groups excluding tert-OH is 1. The Hall–Kier alpha value is -0.830. The third-order valence-electron chi connectivity index (χ3n) is 3.48. The van der Waals surface area contributed by atoms with Gasteiger partial charge < -0.3 is 9.84 Å². The maximum Gasteiger partial charge on any atom is 0.333 e. The SMILES string of the molecule is C=C(C)C(=O)OCCCCCCCCCCC(O)CC. The Kier molecular flexibility index (Phi) is 12.6. The highest BCUT2D eigenvalue weighted by molar-refractivity contribution is 5.86. The third-order valence-corrected chi connectivity index (χ3v) is 3.48. The van der Waals surface area contributed by atoms with Crippen LogP contribution >= 0.6 is 0 Å².